The summed E-state index contributed by atoms with van der Waals surface area (Å²) in [5, 5.41) is 9.20. The number of hydrogen-bond acceptors (Lipinski definition) is 7. The Kier molecular flexibility index (Phi) is 14.6. The molecule has 0 spiro atoms. The van der Waals surface area contributed by atoms with Crippen LogP contribution in [-0.4, -0.2) is 48.6 Å². The third kappa shape index (κ3) is 13.8. The molecule has 3 atom stereocenters. The fraction of sp³-hybridized carbons (Fsp3) is 0.577. The zero-order chi connectivity index (χ0) is 25.1. The molecule has 0 aromatic heterocycles. The van der Waals surface area contributed by atoms with Crippen LogP contribution in [0.5, 0.6) is 5.75 Å². The van der Waals surface area contributed by atoms with Crippen LogP contribution in [0.1, 0.15) is 44.9 Å². The fourth-order valence-electron chi connectivity index (χ4n) is 3.94. The quantitative estimate of drug-likeness (QED) is 0.0791. The maximum atomic E-state index is 14.2. The van der Waals surface area contributed by atoms with Crippen LogP contribution in [-0.2, 0) is 14.4 Å². The van der Waals surface area contributed by atoms with E-state index in [4.69, 9.17) is 9.47 Å². The van der Waals surface area contributed by atoms with Crippen molar-refractivity contribution in [2.24, 2.45) is 11.8 Å². The summed E-state index contributed by atoms with van der Waals surface area (Å²) in [4.78, 5) is 26.0. The van der Waals surface area contributed by atoms with Crippen molar-refractivity contribution in [3.05, 3.63) is 64.8 Å². The van der Waals surface area contributed by atoms with Crippen molar-refractivity contribution in [3.63, 3.8) is 0 Å². The van der Waals surface area contributed by atoms with Crippen LogP contribution in [0.15, 0.2) is 54.6 Å². The number of ether oxygens (including phenoxy) is 2. The molecule has 35 heavy (non-hydrogen) atoms. The van der Waals surface area contributed by atoms with Gasteiger partial charge in [0.25, 0.3) is 5.09 Å². The van der Waals surface area contributed by atoms with E-state index >= 15 is 0 Å². The number of rotatable bonds is 18. The number of allylic oxidation sites excluding steroid dienone is 3. The fourth-order valence-corrected chi connectivity index (χ4v) is 4.53. The van der Waals surface area contributed by atoms with E-state index in [1.165, 1.54) is 11.8 Å². The lowest BCUT2D eigenvalue weighted by atomic mass is 9.92. The average molecular weight is 510 g/mol. The number of alkyl halides is 1. The predicted molar refractivity (Wildman–Crippen MR) is 136 cm³/mol. The number of halogens is 1. The van der Waals surface area contributed by atoms with Gasteiger partial charge in [-0.05, 0) is 56.1 Å². The first kappa shape index (κ1) is 28.7. The molecule has 0 radical (unpaired) electrons. The van der Waals surface area contributed by atoms with Crippen molar-refractivity contribution in [1.82, 2.24) is 0 Å². The lowest BCUT2D eigenvalue weighted by molar-refractivity contribution is -0.756. The van der Waals surface area contributed by atoms with Crippen molar-refractivity contribution in [3.8, 4) is 5.75 Å². The zero-order valence-electron chi connectivity index (χ0n) is 20.1. The minimum atomic E-state index is -1.12. The van der Waals surface area contributed by atoms with Crippen LogP contribution in [0.25, 0.3) is 0 Å². The first-order chi connectivity index (χ1) is 17.0. The van der Waals surface area contributed by atoms with Gasteiger partial charge < -0.3 is 14.3 Å². The van der Waals surface area contributed by atoms with Gasteiger partial charge in [0, 0.05) is 17.9 Å². The Bertz CT molecular complexity index is 791. The molecule has 0 N–H and O–H groups in total. The Labute approximate surface area is 211 Å². The topological polar surface area (TPSA) is 87.9 Å². The van der Waals surface area contributed by atoms with E-state index in [0.29, 0.717) is 42.1 Å². The van der Waals surface area contributed by atoms with E-state index in [0.717, 1.165) is 38.5 Å². The normalized spacial score (nSPS) is 18.7. The highest BCUT2D eigenvalue weighted by Gasteiger charge is 2.24. The molecule has 0 bridgehead atoms. The molecule has 9 heteroatoms. The summed E-state index contributed by atoms with van der Waals surface area (Å²) in [6, 6.07) is 9.27. The molecular weight excluding hydrogens is 473 g/mol. The molecule has 0 aliphatic heterocycles. The molecule has 7 nitrogen and oxygen atoms in total. The molecule has 2 rings (SSSR count). The Hall–Kier alpha value is -2.55. The summed E-state index contributed by atoms with van der Waals surface area (Å²) in [5.41, 5.74) is 0. The number of carbonyl (C=O) groups is 1. The highest BCUT2D eigenvalue weighted by molar-refractivity contribution is 7.99. The Morgan fingerprint density at radius 2 is 2.00 bits per heavy atom. The molecule has 1 fully saturated rings. The molecule has 0 amide bonds. The lowest BCUT2D eigenvalue weighted by Gasteiger charge is -2.14. The second-order valence-electron chi connectivity index (χ2n) is 8.37. The van der Waals surface area contributed by atoms with Gasteiger partial charge in [-0.2, -0.15) is 11.8 Å². The van der Waals surface area contributed by atoms with Crippen LogP contribution in [0.4, 0.5) is 4.39 Å². The van der Waals surface area contributed by atoms with Gasteiger partial charge in [-0.3, -0.25) is 4.79 Å². The number of thioether (sulfide) groups is 1. The number of para-hydroxylation sites is 1. The number of esters is 1. The summed E-state index contributed by atoms with van der Waals surface area (Å²) in [5.74, 6) is 2.46. The summed E-state index contributed by atoms with van der Waals surface area (Å²) in [6.07, 6.45) is 13.1. The average Bonchev–Trinajstić information content (AvgIpc) is 3.30. The zero-order valence-corrected chi connectivity index (χ0v) is 20.9. The maximum Gasteiger partial charge on any atom is 0.305 e. The summed E-state index contributed by atoms with van der Waals surface area (Å²) in [6.45, 7) is 0.362. The maximum absolute atomic E-state index is 14.2. The second-order valence-corrected chi connectivity index (χ2v) is 9.59. The summed E-state index contributed by atoms with van der Waals surface area (Å²) in [7, 11) is 0. The van der Waals surface area contributed by atoms with E-state index < -0.39 is 11.3 Å². The largest absolute Gasteiger partial charge is 0.490 e. The molecule has 1 aromatic carbocycles. The molecule has 1 saturated carbocycles. The highest BCUT2D eigenvalue weighted by atomic mass is 32.2. The van der Waals surface area contributed by atoms with Gasteiger partial charge in [-0.15, -0.1) is 10.1 Å². The van der Waals surface area contributed by atoms with Gasteiger partial charge in [0.05, 0.1) is 0 Å². The van der Waals surface area contributed by atoms with Crippen LogP contribution >= 0.6 is 11.8 Å². The SMILES string of the molecule is O=C(CCC/C=C\C[C@H]1CCCC1/C=C/C(F)COc1ccccc1)OCCSCCO[N+](=O)[O-]. The van der Waals surface area contributed by atoms with Crippen LogP contribution < -0.4 is 4.74 Å². The van der Waals surface area contributed by atoms with Gasteiger partial charge in [0.2, 0.25) is 0 Å². The van der Waals surface area contributed by atoms with Gasteiger partial charge >= 0.3 is 5.97 Å². The minimum absolute atomic E-state index is 0.0258. The molecule has 2 unspecified atom stereocenters. The van der Waals surface area contributed by atoms with Gasteiger partial charge in [0.1, 0.15) is 25.6 Å². The van der Waals surface area contributed by atoms with Crippen molar-refractivity contribution in [2.75, 3.05) is 31.3 Å². The number of nitrogens with zero attached hydrogens (tertiary/aromatic N) is 1. The van der Waals surface area contributed by atoms with Crippen molar-refractivity contribution in [2.45, 2.75) is 51.1 Å². The monoisotopic (exact) mass is 509 g/mol. The molecule has 0 heterocycles. The Balaban J connectivity index is 1.51. The summed E-state index contributed by atoms with van der Waals surface area (Å²) < 4.78 is 24.8. The lowest BCUT2D eigenvalue weighted by Crippen LogP contribution is -2.11. The molecule has 1 aliphatic rings. The number of hydrogen-bond donors (Lipinski definition) is 0. The van der Waals surface area contributed by atoms with Gasteiger partial charge in [-0.25, -0.2) is 4.39 Å². The van der Waals surface area contributed by atoms with Gasteiger partial charge in [-0.1, -0.05) is 48.9 Å². The first-order valence-corrected chi connectivity index (χ1v) is 13.4. The molecule has 0 saturated heterocycles. The predicted octanol–water partition coefficient (Wildman–Crippen LogP) is 5.98. The van der Waals surface area contributed by atoms with E-state index in [1.54, 1.807) is 6.08 Å². The standard InChI is InChI=1S/C26H36FNO6S/c27-24(21-33-25-12-5-3-6-13-25)16-15-23-11-8-10-22(23)9-4-1-2-7-14-26(29)32-17-19-35-20-18-34-28(30)31/h1,3-6,12-13,15-16,22-24H,2,7-11,14,17-21H2/b4-1-,16-15+/t22-,23?,24?/m0/s1. The van der Waals surface area contributed by atoms with Gasteiger partial charge in [0.15, 0.2) is 6.17 Å². The summed E-state index contributed by atoms with van der Waals surface area (Å²) >= 11 is 1.44. The van der Waals surface area contributed by atoms with Crippen LogP contribution in [0.2, 0.25) is 0 Å². The van der Waals surface area contributed by atoms with E-state index in [1.807, 2.05) is 36.4 Å². The van der Waals surface area contributed by atoms with Crippen LogP contribution in [0, 0.1) is 22.0 Å². The van der Waals surface area contributed by atoms with Crippen molar-refractivity contribution >= 4 is 17.7 Å². The number of carbonyl (C=O) groups excluding carboxylic acids is 1. The van der Waals surface area contributed by atoms with Crippen LogP contribution in [0.3, 0.4) is 0 Å². The van der Waals surface area contributed by atoms with Crippen molar-refractivity contribution < 1.29 is 28.6 Å². The van der Waals surface area contributed by atoms with E-state index in [2.05, 4.69) is 17.0 Å². The smallest absolute Gasteiger partial charge is 0.305 e. The van der Waals surface area contributed by atoms with Crippen molar-refractivity contribution in [1.29, 1.82) is 0 Å². The third-order valence-electron chi connectivity index (χ3n) is 5.71. The first-order valence-electron chi connectivity index (χ1n) is 12.2. The number of benzene rings is 1. The number of unbranched alkanes of at least 4 members (excludes halogenated alkanes) is 1. The molecular formula is C26H36FNO6S. The van der Waals surface area contributed by atoms with E-state index in [9.17, 15) is 19.3 Å². The van der Waals surface area contributed by atoms with E-state index in [-0.39, 0.29) is 19.2 Å². The highest BCUT2D eigenvalue weighted by Crippen LogP contribution is 2.35. The second kappa shape index (κ2) is 17.8. The minimum Gasteiger partial charge on any atom is -0.490 e. The molecule has 194 valence electrons. The Morgan fingerprint density at radius 1 is 1.20 bits per heavy atom. The molecule has 1 aromatic rings. The molecule has 1 aliphatic carbocycles. The Morgan fingerprint density at radius 3 is 2.80 bits per heavy atom. The third-order valence-corrected chi connectivity index (χ3v) is 6.62.